The minimum absolute atomic E-state index is 0.114. The zero-order valence-electron chi connectivity index (χ0n) is 8.76. The molecule has 2 aromatic rings. The van der Waals surface area contributed by atoms with E-state index < -0.39 is 11.9 Å². The number of hydrogen-bond acceptors (Lipinski definition) is 5. The van der Waals surface area contributed by atoms with E-state index in [0.29, 0.717) is 5.69 Å². The number of hydrogen-bond donors (Lipinski definition) is 2. The highest BCUT2D eigenvalue weighted by Gasteiger charge is 2.16. The van der Waals surface area contributed by atoms with Crippen LogP contribution < -0.4 is 5.32 Å². The first-order valence-corrected chi connectivity index (χ1v) is 4.64. The molecule has 0 unspecified atom stereocenters. The van der Waals surface area contributed by atoms with Gasteiger partial charge in [-0.2, -0.15) is 0 Å². The van der Waals surface area contributed by atoms with Crippen molar-refractivity contribution in [1.29, 1.82) is 0 Å². The zero-order chi connectivity index (χ0) is 12.4. The summed E-state index contributed by atoms with van der Waals surface area (Å²) in [6, 6.07) is 3.99. The first kappa shape index (κ1) is 10.9. The van der Waals surface area contributed by atoms with Crippen molar-refractivity contribution in [2.24, 2.45) is 0 Å². The molecule has 0 saturated carbocycles. The summed E-state index contributed by atoms with van der Waals surface area (Å²) < 4.78 is 9.58. The van der Waals surface area contributed by atoms with Gasteiger partial charge in [0.1, 0.15) is 0 Å². The van der Waals surface area contributed by atoms with Crippen molar-refractivity contribution in [3.63, 3.8) is 0 Å². The maximum absolute atomic E-state index is 11.6. The Kier molecular flexibility index (Phi) is 2.65. The highest BCUT2D eigenvalue weighted by atomic mass is 16.5. The molecule has 0 atom stereocenters. The lowest BCUT2D eigenvalue weighted by molar-refractivity contribution is 0.0660. The number of aromatic nitrogens is 1. The third-order valence-corrected chi connectivity index (χ3v) is 1.91. The Labute approximate surface area is 95.0 Å². The number of carbonyl (C=O) groups excluding carboxylic acids is 1. The summed E-state index contributed by atoms with van der Waals surface area (Å²) in [6.45, 7) is 1.70. The molecule has 0 radical (unpaired) electrons. The first-order chi connectivity index (χ1) is 8.06. The molecule has 2 rings (SSSR count). The van der Waals surface area contributed by atoms with E-state index in [1.807, 2.05) is 0 Å². The monoisotopic (exact) mass is 236 g/mol. The Hall–Kier alpha value is -2.57. The van der Waals surface area contributed by atoms with Crippen LogP contribution in [0.1, 0.15) is 26.8 Å². The van der Waals surface area contributed by atoms with Gasteiger partial charge >= 0.3 is 5.97 Å². The number of furan rings is 1. The van der Waals surface area contributed by atoms with Gasteiger partial charge < -0.3 is 14.0 Å². The Balaban J connectivity index is 2.11. The van der Waals surface area contributed by atoms with Crippen molar-refractivity contribution >= 4 is 17.8 Å². The molecule has 2 N–H and O–H groups in total. The molecule has 7 nitrogen and oxygen atoms in total. The van der Waals surface area contributed by atoms with Crippen molar-refractivity contribution in [2.75, 3.05) is 5.32 Å². The molecule has 0 saturated heterocycles. The van der Waals surface area contributed by atoms with Crippen molar-refractivity contribution in [1.82, 2.24) is 5.16 Å². The zero-order valence-corrected chi connectivity index (χ0v) is 8.76. The number of carboxylic acid groups (broad SMARTS) is 1. The summed E-state index contributed by atoms with van der Waals surface area (Å²) in [4.78, 5) is 22.1. The summed E-state index contributed by atoms with van der Waals surface area (Å²) in [7, 11) is 0. The quantitative estimate of drug-likeness (QED) is 0.836. The van der Waals surface area contributed by atoms with Crippen LogP contribution in [0.4, 0.5) is 5.88 Å². The van der Waals surface area contributed by atoms with Gasteiger partial charge in [-0.05, 0) is 19.1 Å². The minimum Gasteiger partial charge on any atom is -0.475 e. The molecule has 0 aliphatic rings. The van der Waals surface area contributed by atoms with Gasteiger partial charge in [0.2, 0.25) is 11.6 Å². The van der Waals surface area contributed by atoms with Gasteiger partial charge in [0, 0.05) is 6.07 Å². The molecule has 0 spiro atoms. The predicted molar refractivity (Wildman–Crippen MR) is 54.9 cm³/mol. The summed E-state index contributed by atoms with van der Waals surface area (Å²) in [5.74, 6) is -2.09. The van der Waals surface area contributed by atoms with E-state index in [1.165, 1.54) is 18.2 Å². The average molecular weight is 236 g/mol. The molecule has 17 heavy (non-hydrogen) atoms. The molecule has 0 aliphatic carbocycles. The van der Waals surface area contributed by atoms with E-state index in [2.05, 4.69) is 10.5 Å². The van der Waals surface area contributed by atoms with Crippen LogP contribution in [-0.2, 0) is 0 Å². The van der Waals surface area contributed by atoms with E-state index in [4.69, 9.17) is 14.0 Å². The van der Waals surface area contributed by atoms with Gasteiger partial charge in [-0.25, -0.2) is 4.79 Å². The average Bonchev–Trinajstić information content (AvgIpc) is 2.86. The Morgan fingerprint density at radius 1 is 1.35 bits per heavy atom. The molecule has 0 fully saturated rings. The Morgan fingerprint density at radius 2 is 2.06 bits per heavy atom. The van der Waals surface area contributed by atoms with E-state index in [0.717, 1.165) is 0 Å². The molecule has 2 heterocycles. The molecule has 7 heteroatoms. The summed E-state index contributed by atoms with van der Waals surface area (Å²) >= 11 is 0. The number of carbonyl (C=O) groups is 2. The van der Waals surface area contributed by atoms with Crippen LogP contribution in [0.25, 0.3) is 0 Å². The van der Waals surface area contributed by atoms with Gasteiger partial charge in [0.05, 0.1) is 5.69 Å². The van der Waals surface area contributed by atoms with Crippen LogP contribution in [0, 0.1) is 6.92 Å². The van der Waals surface area contributed by atoms with Crippen molar-refractivity contribution in [2.45, 2.75) is 6.92 Å². The molecular weight excluding hydrogens is 228 g/mol. The fraction of sp³-hybridized carbons (Fsp3) is 0.100. The van der Waals surface area contributed by atoms with Gasteiger partial charge in [0.15, 0.2) is 5.76 Å². The fourth-order valence-corrected chi connectivity index (χ4v) is 1.17. The summed E-state index contributed by atoms with van der Waals surface area (Å²) in [5.41, 5.74) is 0.617. The van der Waals surface area contributed by atoms with Crippen LogP contribution >= 0.6 is 0 Å². The molecule has 0 aromatic carbocycles. The lowest BCUT2D eigenvalue weighted by Gasteiger charge is -1.96. The van der Waals surface area contributed by atoms with Crippen LogP contribution in [0.5, 0.6) is 0 Å². The first-order valence-electron chi connectivity index (χ1n) is 4.64. The van der Waals surface area contributed by atoms with Crippen molar-refractivity contribution in [3.05, 3.63) is 35.4 Å². The second-order valence-electron chi connectivity index (χ2n) is 3.26. The number of anilines is 1. The van der Waals surface area contributed by atoms with E-state index >= 15 is 0 Å². The topological polar surface area (TPSA) is 106 Å². The fourth-order valence-electron chi connectivity index (χ4n) is 1.17. The summed E-state index contributed by atoms with van der Waals surface area (Å²) in [5, 5.41) is 14.6. The number of amides is 1. The van der Waals surface area contributed by atoms with E-state index in [9.17, 15) is 9.59 Å². The number of nitrogens with zero attached hydrogens (tertiary/aromatic N) is 1. The van der Waals surface area contributed by atoms with Gasteiger partial charge in [0.25, 0.3) is 5.91 Å². The SMILES string of the molecule is Cc1cc(NC(=O)c2ccc(C(=O)O)o2)on1. The van der Waals surface area contributed by atoms with E-state index in [-0.39, 0.29) is 17.4 Å². The van der Waals surface area contributed by atoms with Crippen LogP contribution in [0.15, 0.2) is 27.1 Å². The van der Waals surface area contributed by atoms with E-state index in [1.54, 1.807) is 6.92 Å². The molecule has 2 aromatic heterocycles. The molecule has 0 bridgehead atoms. The molecule has 0 aliphatic heterocycles. The maximum atomic E-state index is 11.6. The smallest absolute Gasteiger partial charge is 0.371 e. The second kappa shape index (κ2) is 4.12. The third-order valence-electron chi connectivity index (χ3n) is 1.91. The Bertz CT molecular complexity index is 569. The van der Waals surface area contributed by atoms with Crippen LogP contribution in [-0.4, -0.2) is 22.1 Å². The molecular formula is C10H8N2O5. The summed E-state index contributed by atoms with van der Waals surface area (Å²) in [6.07, 6.45) is 0. The van der Waals surface area contributed by atoms with Gasteiger partial charge in [-0.3, -0.25) is 10.1 Å². The third kappa shape index (κ3) is 2.33. The van der Waals surface area contributed by atoms with Crippen LogP contribution in [0.2, 0.25) is 0 Å². The lowest BCUT2D eigenvalue weighted by Crippen LogP contribution is -2.10. The van der Waals surface area contributed by atoms with Gasteiger partial charge in [-0.15, -0.1) is 0 Å². The number of carboxylic acids is 1. The standard InChI is InChI=1S/C10H8N2O5/c1-5-4-8(17-12-5)11-9(13)6-2-3-7(16-6)10(14)15/h2-4H,1H3,(H,11,13)(H,14,15). The number of nitrogens with one attached hydrogen (secondary N) is 1. The molecule has 88 valence electrons. The minimum atomic E-state index is -1.24. The largest absolute Gasteiger partial charge is 0.475 e. The maximum Gasteiger partial charge on any atom is 0.371 e. The Morgan fingerprint density at radius 3 is 2.59 bits per heavy atom. The lowest BCUT2D eigenvalue weighted by atomic mass is 10.4. The number of rotatable bonds is 3. The van der Waals surface area contributed by atoms with Gasteiger partial charge in [-0.1, -0.05) is 5.16 Å². The molecule has 1 amide bonds. The van der Waals surface area contributed by atoms with Crippen molar-refractivity contribution < 1.29 is 23.6 Å². The van der Waals surface area contributed by atoms with Crippen LogP contribution in [0.3, 0.4) is 0 Å². The highest BCUT2D eigenvalue weighted by molar-refractivity contribution is 6.02. The highest BCUT2D eigenvalue weighted by Crippen LogP contribution is 2.13. The van der Waals surface area contributed by atoms with Crippen molar-refractivity contribution in [3.8, 4) is 0 Å². The number of aromatic carboxylic acids is 1. The number of aryl methyl sites for hydroxylation is 1. The normalized spacial score (nSPS) is 10.2. The second-order valence-corrected chi connectivity index (χ2v) is 3.26. The predicted octanol–water partition coefficient (Wildman–Crippen LogP) is 1.53.